The van der Waals surface area contributed by atoms with Crippen molar-refractivity contribution in [2.75, 3.05) is 32.7 Å². The van der Waals surface area contributed by atoms with Crippen molar-refractivity contribution in [1.29, 1.82) is 0 Å². The van der Waals surface area contributed by atoms with Gasteiger partial charge in [-0.05, 0) is 54.9 Å². The topological polar surface area (TPSA) is 113 Å². The van der Waals surface area contributed by atoms with Gasteiger partial charge < -0.3 is 30.7 Å². The van der Waals surface area contributed by atoms with Crippen LogP contribution in [0.25, 0.3) is 0 Å². The van der Waals surface area contributed by atoms with Gasteiger partial charge in [0.05, 0.1) is 0 Å². The van der Waals surface area contributed by atoms with E-state index in [2.05, 4.69) is 26.3 Å². The smallest absolute Gasteiger partial charge is 0.407 e. The molecule has 0 aliphatic carbocycles. The highest BCUT2D eigenvalue weighted by Gasteiger charge is 2.16. The van der Waals surface area contributed by atoms with Gasteiger partial charge >= 0.3 is 12.2 Å². The molecule has 0 saturated carbocycles. The summed E-state index contributed by atoms with van der Waals surface area (Å²) < 4.78 is 10.3. The molecule has 0 fully saturated rings. The van der Waals surface area contributed by atoms with Crippen LogP contribution in [0.1, 0.15) is 54.9 Å². The lowest BCUT2D eigenvalue weighted by Gasteiger charge is -2.20. The van der Waals surface area contributed by atoms with Crippen molar-refractivity contribution < 1.29 is 19.1 Å². The molecule has 0 aliphatic heterocycles. The van der Waals surface area contributed by atoms with Crippen LogP contribution in [0, 0.1) is 0 Å². The Morgan fingerprint density at radius 3 is 1.71 bits per heavy atom. The molecule has 0 rings (SSSR count). The van der Waals surface area contributed by atoms with Crippen LogP contribution < -0.4 is 21.3 Å². The summed E-state index contributed by atoms with van der Waals surface area (Å²) in [5.41, 5.74) is -1.01. The number of guanidine groups is 1. The van der Waals surface area contributed by atoms with Gasteiger partial charge in [0.1, 0.15) is 11.2 Å². The van der Waals surface area contributed by atoms with Gasteiger partial charge in [-0.15, -0.1) is 24.0 Å². The van der Waals surface area contributed by atoms with Crippen LogP contribution in [0.15, 0.2) is 4.99 Å². The largest absolute Gasteiger partial charge is 0.444 e. The van der Waals surface area contributed by atoms with Crippen molar-refractivity contribution in [3.63, 3.8) is 0 Å². The second-order valence-electron chi connectivity index (χ2n) is 7.90. The van der Waals surface area contributed by atoms with Crippen LogP contribution in [0.2, 0.25) is 0 Å². The van der Waals surface area contributed by atoms with Crippen LogP contribution in [0.3, 0.4) is 0 Å². The van der Waals surface area contributed by atoms with Gasteiger partial charge in [0.2, 0.25) is 0 Å². The zero-order valence-electron chi connectivity index (χ0n) is 18.2. The predicted molar refractivity (Wildman–Crippen MR) is 122 cm³/mol. The summed E-state index contributed by atoms with van der Waals surface area (Å²) in [4.78, 5) is 27.5. The number of rotatable bonds is 8. The van der Waals surface area contributed by atoms with E-state index in [1.165, 1.54) is 0 Å². The molecule has 10 heteroatoms. The number of aliphatic imine (C=N–C) groups is 1. The maximum atomic E-state index is 11.6. The van der Waals surface area contributed by atoms with Crippen LogP contribution >= 0.6 is 24.0 Å². The molecule has 2 amide bonds. The molecule has 0 saturated heterocycles. The monoisotopic (exact) mass is 515 g/mol. The van der Waals surface area contributed by atoms with E-state index in [1.54, 1.807) is 0 Å². The molecule has 0 aromatic heterocycles. The fraction of sp³-hybridized carbons (Fsp3) is 0.833. The molecule has 0 spiro atoms. The summed E-state index contributed by atoms with van der Waals surface area (Å²) in [5, 5.41) is 11.6. The fourth-order valence-electron chi connectivity index (χ4n) is 1.78. The van der Waals surface area contributed by atoms with Crippen LogP contribution in [-0.4, -0.2) is 62.1 Å². The average molecular weight is 515 g/mol. The lowest BCUT2D eigenvalue weighted by Crippen LogP contribution is -2.42. The Balaban J connectivity index is 0. The number of hydrogen-bond donors (Lipinski definition) is 4. The number of nitrogens with one attached hydrogen (secondary N) is 4. The van der Waals surface area contributed by atoms with Crippen molar-refractivity contribution >= 4 is 42.1 Å². The Morgan fingerprint density at radius 1 is 0.786 bits per heavy atom. The van der Waals surface area contributed by atoms with Gasteiger partial charge in [-0.25, -0.2) is 9.59 Å². The Hall–Kier alpha value is -1.46. The Morgan fingerprint density at radius 2 is 1.25 bits per heavy atom. The first kappa shape index (κ1) is 28.7. The molecule has 0 radical (unpaired) electrons. The van der Waals surface area contributed by atoms with Gasteiger partial charge in [0.15, 0.2) is 5.96 Å². The van der Waals surface area contributed by atoms with E-state index >= 15 is 0 Å². The number of nitrogens with zero attached hydrogens (tertiary/aromatic N) is 1. The zero-order chi connectivity index (χ0) is 20.9. The van der Waals surface area contributed by atoms with E-state index in [9.17, 15) is 9.59 Å². The summed E-state index contributed by atoms with van der Waals surface area (Å²) in [5.74, 6) is 0.653. The number of ether oxygens (including phenoxy) is 2. The molecule has 28 heavy (non-hydrogen) atoms. The molecule has 166 valence electrons. The second-order valence-corrected chi connectivity index (χ2v) is 7.90. The summed E-state index contributed by atoms with van der Waals surface area (Å²) in [6.07, 6.45) is -0.185. The number of alkyl carbamates (subject to hydrolysis) is 2. The normalized spacial score (nSPS) is 11.8. The van der Waals surface area contributed by atoms with E-state index in [0.29, 0.717) is 38.6 Å². The Kier molecular flexibility index (Phi) is 14.9. The molecule has 9 nitrogen and oxygen atoms in total. The molecular formula is C18H38IN5O4. The van der Waals surface area contributed by atoms with Gasteiger partial charge in [0.25, 0.3) is 0 Å². The number of carbonyl (C=O) groups excluding carboxylic acids is 2. The fourth-order valence-corrected chi connectivity index (χ4v) is 1.78. The molecule has 0 aliphatic rings. The average Bonchev–Trinajstić information content (AvgIpc) is 2.47. The minimum Gasteiger partial charge on any atom is -0.444 e. The van der Waals surface area contributed by atoms with Gasteiger partial charge in [-0.1, -0.05) is 0 Å². The van der Waals surface area contributed by atoms with Crippen LogP contribution in [0.4, 0.5) is 9.59 Å². The van der Waals surface area contributed by atoms with E-state index in [0.717, 1.165) is 6.54 Å². The summed E-state index contributed by atoms with van der Waals surface area (Å²) in [7, 11) is 0. The number of hydrogen-bond acceptors (Lipinski definition) is 5. The minimum atomic E-state index is -0.513. The summed E-state index contributed by atoms with van der Waals surface area (Å²) in [6, 6.07) is 0. The highest BCUT2D eigenvalue weighted by atomic mass is 127. The summed E-state index contributed by atoms with van der Waals surface area (Å²) >= 11 is 0. The first-order valence-corrected chi connectivity index (χ1v) is 9.39. The van der Waals surface area contributed by atoms with Crippen molar-refractivity contribution in [2.45, 2.75) is 66.1 Å². The lowest BCUT2D eigenvalue weighted by atomic mass is 10.2. The highest BCUT2D eigenvalue weighted by molar-refractivity contribution is 14.0. The third kappa shape index (κ3) is 19.3. The molecule has 0 unspecified atom stereocenters. The van der Waals surface area contributed by atoms with Crippen LogP contribution in [-0.2, 0) is 9.47 Å². The number of halogens is 1. The zero-order valence-corrected chi connectivity index (χ0v) is 20.6. The van der Waals surface area contributed by atoms with Crippen molar-refractivity contribution in [2.24, 2.45) is 4.99 Å². The maximum absolute atomic E-state index is 11.6. The molecule has 0 aromatic rings. The third-order valence-electron chi connectivity index (χ3n) is 2.70. The quantitative estimate of drug-likeness (QED) is 0.171. The van der Waals surface area contributed by atoms with E-state index in [-0.39, 0.29) is 24.0 Å². The van der Waals surface area contributed by atoms with Crippen molar-refractivity contribution in [1.82, 2.24) is 21.3 Å². The lowest BCUT2D eigenvalue weighted by molar-refractivity contribution is 0.0516. The van der Waals surface area contributed by atoms with Crippen LogP contribution in [0.5, 0.6) is 0 Å². The molecule has 0 bridgehead atoms. The van der Waals surface area contributed by atoms with E-state index < -0.39 is 23.4 Å². The third-order valence-corrected chi connectivity index (χ3v) is 2.70. The first-order valence-electron chi connectivity index (χ1n) is 9.39. The molecule has 0 atom stereocenters. The molecular weight excluding hydrogens is 477 g/mol. The van der Waals surface area contributed by atoms with Crippen molar-refractivity contribution in [3.8, 4) is 0 Å². The van der Waals surface area contributed by atoms with Gasteiger partial charge in [0, 0.05) is 32.7 Å². The second kappa shape index (κ2) is 14.5. The van der Waals surface area contributed by atoms with Gasteiger partial charge in [-0.2, -0.15) is 0 Å². The molecule has 0 heterocycles. The predicted octanol–water partition coefficient (Wildman–Crippen LogP) is 2.60. The SMILES string of the molecule is CCNC(=NCCCNC(=O)OC(C)(C)C)NCCNC(=O)OC(C)(C)C.I. The molecule has 4 N–H and O–H groups in total. The van der Waals surface area contributed by atoms with E-state index in [4.69, 9.17) is 9.47 Å². The number of amides is 2. The first-order chi connectivity index (χ1) is 12.4. The number of carbonyl (C=O) groups is 2. The highest BCUT2D eigenvalue weighted by Crippen LogP contribution is 2.06. The van der Waals surface area contributed by atoms with Gasteiger partial charge in [-0.3, -0.25) is 4.99 Å². The van der Waals surface area contributed by atoms with E-state index in [1.807, 2.05) is 48.5 Å². The Bertz CT molecular complexity index is 487. The standard InChI is InChI=1S/C18H37N5O4.HI/c1-8-19-14(21-12-13-23-16(25)27-18(5,6)7)20-10-9-11-22-15(24)26-17(2,3)4;/h8-13H2,1-7H3,(H,22,24)(H,23,25)(H2,19,20,21);1H. The summed E-state index contributed by atoms with van der Waals surface area (Å²) in [6.45, 7) is 15.6. The van der Waals surface area contributed by atoms with Crippen molar-refractivity contribution in [3.05, 3.63) is 0 Å². The maximum Gasteiger partial charge on any atom is 0.407 e. The Labute approximate surface area is 186 Å². The minimum absolute atomic E-state index is 0. The molecule has 0 aromatic carbocycles.